The van der Waals surface area contributed by atoms with Crippen LogP contribution in [0.2, 0.25) is 0 Å². The molecule has 0 aromatic carbocycles. The van der Waals surface area contributed by atoms with Gasteiger partial charge in [0.25, 0.3) is 0 Å². The smallest absolute Gasteiger partial charge is 0.123 e. The summed E-state index contributed by atoms with van der Waals surface area (Å²) >= 11 is 1.85. The zero-order chi connectivity index (χ0) is 24.5. The van der Waals surface area contributed by atoms with Crippen molar-refractivity contribution in [3.8, 4) is 0 Å². The van der Waals surface area contributed by atoms with Crippen LogP contribution in [0.25, 0.3) is 0 Å². The second-order valence-electron chi connectivity index (χ2n) is 9.06. The van der Waals surface area contributed by atoms with Crippen molar-refractivity contribution in [2.75, 3.05) is 18.1 Å². The fourth-order valence-corrected chi connectivity index (χ4v) is 4.32. The van der Waals surface area contributed by atoms with Gasteiger partial charge >= 0.3 is 0 Å². The van der Waals surface area contributed by atoms with Gasteiger partial charge in [-0.1, -0.05) is 46.6 Å². The van der Waals surface area contributed by atoms with Crippen LogP contribution < -0.4 is 5.73 Å². The molecule has 0 spiro atoms. The summed E-state index contributed by atoms with van der Waals surface area (Å²) in [7, 11) is 0. The zero-order valence-electron chi connectivity index (χ0n) is 21.7. The first kappa shape index (κ1) is 29.0. The molecule has 1 heterocycles. The first-order valence-corrected chi connectivity index (χ1v) is 13.3. The summed E-state index contributed by atoms with van der Waals surface area (Å²) in [6, 6.07) is -0.0549. The summed E-state index contributed by atoms with van der Waals surface area (Å²) in [6.07, 6.45) is 19.8. The minimum atomic E-state index is -0.0549. The average Bonchev–Trinajstić information content (AvgIpc) is 2.76. The second kappa shape index (κ2) is 17.5. The highest BCUT2D eigenvalue weighted by Crippen LogP contribution is 2.18. The molecule has 184 valence electrons. The van der Waals surface area contributed by atoms with Gasteiger partial charge in [-0.3, -0.25) is 9.98 Å². The fourth-order valence-electron chi connectivity index (χ4n) is 3.32. The summed E-state index contributed by atoms with van der Waals surface area (Å²) in [6.45, 7) is 13.4. The molecule has 4 nitrogen and oxygen atoms in total. The van der Waals surface area contributed by atoms with E-state index < -0.39 is 0 Å². The number of nitrogens with two attached hydrogens (primary N) is 1. The highest BCUT2D eigenvalue weighted by molar-refractivity contribution is 7.99. The predicted molar refractivity (Wildman–Crippen MR) is 149 cm³/mol. The Balaban J connectivity index is 2.31. The minimum absolute atomic E-state index is 0.0549. The van der Waals surface area contributed by atoms with Gasteiger partial charge in [0.15, 0.2) is 0 Å². The molecule has 5 heteroatoms. The van der Waals surface area contributed by atoms with Crippen LogP contribution in [0.1, 0.15) is 80.1 Å². The Kier molecular flexibility index (Phi) is 15.4. The second-order valence-corrected chi connectivity index (χ2v) is 10.1. The number of ether oxygens (including phenoxy) is 1. The van der Waals surface area contributed by atoms with Crippen molar-refractivity contribution in [1.29, 1.82) is 0 Å². The molecule has 33 heavy (non-hydrogen) atoms. The predicted octanol–water partition coefficient (Wildman–Crippen LogP) is 7.55. The van der Waals surface area contributed by atoms with Gasteiger partial charge < -0.3 is 10.5 Å². The Labute approximate surface area is 207 Å². The summed E-state index contributed by atoms with van der Waals surface area (Å²) in [5.41, 5.74) is 12.5. The number of rotatable bonds is 15. The van der Waals surface area contributed by atoms with Gasteiger partial charge in [0.2, 0.25) is 0 Å². The Hall–Kier alpha value is -2.01. The zero-order valence-corrected chi connectivity index (χ0v) is 22.5. The summed E-state index contributed by atoms with van der Waals surface area (Å²) in [5.74, 6) is 2.38. The van der Waals surface area contributed by atoms with Crippen LogP contribution in [-0.4, -0.2) is 36.2 Å². The average molecular weight is 472 g/mol. The molecular formula is C28H45N3OS. The molecule has 1 aliphatic heterocycles. The van der Waals surface area contributed by atoms with Crippen LogP contribution in [0.5, 0.6) is 0 Å². The summed E-state index contributed by atoms with van der Waals surface area (Å²) in [5, 5.41) is 0. The van der Waals surface area contributed by atoms with Gasteiger partial charge in [0.1, 0.15) is 18.9 Å². The first-order valence-electron chi connectivity index (χ1n) is 12.1. The number of amidine groups is 1. The van der Waals surface area contributed by atoms with E-state index >= 15 is 0 Å². The lowest BCUT2D eigenvalue weighted by molar-refractivity contribution is 0.294. The van der Waals surface area contributed by atoms with Crippen LogP contribution in [0, 0.1) is 0 Å². The molecule has 0 amide bonds. The third-order valence-electron chi connectivity index (χ3n) is 5.30. The normalized spacial score (nSPS) is 16.4. The maximum Gasteiger partial charge on any atom is 0.123 e. The van der Waals surface area contributed by atoms with E-state index in [1.807, 2.05) is 18.7 Å². The lowest BCUT2D eigenvalue weighted by atomic mass is 10.0. The maximum absolute atomic E-state index is 5.80. The lowest BCUT2D eigenvalue weighted by Crippen LogP contribution is -2.19. The molecule has 1 unspecified atom stereocenters. The Morgan fingerprint density at radius 1 is 0.970 bits per heavy atom. The van der Waals surface area contributed by atoms with Crippen LogP contribution in [0.4, 0.5) is 0 Å². The largest absolute Gasteiger partial charge is 0.494 e. The van der Waals surface area contributed by atoms with E-state index in [1.54, 1.807) is 12.5 Å². The van der Waals surface area contributed by atoms with E-state index in [1.165, 1.54) is 28.7 Å². The molecule has 1 aliphatic rings. The van der Waals surface area contributed by atoms with Crippen LogP contribution in [-0.2, 0) is 4.74 Å². The van der Waals surface area contributed by atoms with Gasteiger partial charge in [0.05, 0.1) is 11.5 Å². The minimum Gasteiger partial charge on any atom is -0.494 e. The van der Waals surface area contributed by atoms with Crippen molar-refractivity contribution < 1.29 is 4.74 Å². The molecule has 0 aliphatic carbocycles. The molecule has 1 atom stereocenters. The third-order valence-corrected chi connectivity index (χ3v) is 6.25. The summed E-state index contributed by atoms with van der Waals surface area (Å²) in [4.78, 5) is 8.93. The quantitative estimate of drug-likeness (QED) is 0.116. The molecule has 0 saturated heterocycles. The van der Waals surface area contributed by atoms with Crippen molar-refractivity contribution in [2.45, 2.75) is 86.1 Å². The standard InChI is InChI=1S/C28H45N3OS/c1-22(2)10-7-11-23(3)12-8-13-24(4)14-9-15-25(5)16-19-33-21-28(31-26(6)29)27-20-32-18-17-30-27/h10,12,14,16-17,20,28H,7-9,11,13,15,18-19,21H2,1-6H3,(H2,29,31). The van der Waals surface area contributed by atoms with Gasteiger partial charge in [0, 0.05) is 17.7 Å². The number of hydrogen-bond donors (Lipinski definition) is 1. The monoisotopic (exact) mass is 471 g/mol. The number of thioether (sulfide) groups is 1. The summed E-state index contributed by atoms with van der Waals surface area (Å²) < 4.78 is 5.36. The van der Waals surface area contributed by atoms with Gasteiger partial charge in [-0.25, -0.2) is 0 Å². The van der Waals surface area contributed by atoms with Crippen molar-refractivity contribution in [1.82, 2.24) is 0 Å². The maximum atomic E-state index is 5.80. The molecule has 0 radical (unpaired) electrons. The SMILES string of the molecule is CC(C)=CCCC(C)=CCCC(C)=CCCC(C)=CCSCC(N=C(C)N)C1=COCC=N1. The Morgan fingerprint density at radius 2 is 1.55 bits per heavy atom. The number of allylic oxidation sites excluding steroid dienone is 7. The van der Waals surface area contributed by atoms with E-state index in [4.69, 9.17) is 10.5 Å². The Bertz CT molecular complexity index is 792. The highest BCUT2D eigenvalue weighted by atomic mass is 32.2. The van der Waals surface area contributed by atoms with Crippen molar-refractivity contribution in [3.63, 3.8) is 0 Å². The first-order chi connectivity index (χ1) is 15.8. The molecule has 2 N–H and O–H groups in total. The van der Waals surface area contributed by atoms with Gasteiger partial charge in [-0.05, 0) is 80.1 Å². The van der Waals surface area contributed by atoms with E-state index in [0.717, 1.165) is 49.3 Å². The van der Waals surface area contributed by atoms with Crippen molar-refractivity contribution in [3.05, 3.63) is 58.6 Å². The molecule has 0 saturated carbocycles. The molecule has 0 fully saturated rings. The van der Waals surface area contributed by atoms with Crippen molar-refractivity contribution >= 4 is 23.8 Å². The van der Waals surface area contributed by atoms with Crippen LogP contribution >= 0.6 is 11.8 Å². The molecule has 0 aromatic rings. The molecular weight excluding hydrogens is 426 g/mol. The highest BCUT2D eigenvalue weighted by Gasteiger charge is 2.14. The lowest BCUT2D eigenvalue weighted by Gasteiger charge is -2.15. The number of nitrogens with zero attached hydrogens (tertiary/aromatic N) is 2. The van der Waals surface area contributed by atoms with Crippen LogP contribution in [0.3, 0.4) is 0 Å². The van der Waals surface area contributed by atoms with E-state index in [0.29, 0.717) is 12.4 Å². The van der Waals surface area contributed by atoms with Crippen molar-refractivity contribution in [2.24, 2.45) is 15.7 Å². The number of aliphatic imine (C=N–C) groups is 2. The Morgan fingerprint density at radius 3 is 2.06 bits per heavy atom. The van der Waals surface area contributed by atoms with Gasteiger partial charge in [-0.15, -0.1) is 0 Å². The molecule has 0 aromatic heterocycles. The number of hydrogen-bond acceptors (Lipinski definition) is 4. The molecule has 0 bridgehead atoms. The third kappa shape index (κ3) is 15.5. The molecule has 1 rings (SSSR count). The van der Waals surface area contributed by atoms with Crippen LogP contribution in [0.15, 0.2) is 68.5 Å². The topological polar surface area (TPSA) is 60.0 Å². The van der Waals surface area contributed by atoms with E-state index in [9.17, 15) is 0 Å². The van der Waals surface area contributed by atoms with E-state index in [2.05, 4.69) is 68.9 Å². The van der Waals surface area contributed by atoms with Gasteiger partial charge in [-0.2, -0.15) is 11.8 Å². The fraction of sp³-hybridized carbons (Fsp3) is 0.571. The van der Waals surface area contributed by atoms with E-state index in [-0.39, 0.29) is 6.04 Å².